The molecule has 39 heavy (non-hydrogen) atoms. The van der Waals surface area contributed by atoms with E-state index in [9.17, 15) is 0 Å². The van der Waals surface area contributed by atoms with E-state index < -0.39 is 8.32 Å². The number of aromatic nitrogens is 6. The number of nitrogens with zero attached hydrogens (tertiary/aromatic N) is 6. The summed E-state index contributed by atoms with van der Waals surface area (Å²) in [7, 11) is -0.279. The second-order valence-electron chi connectivity index (χ2n) is 10.9. The Balaban J connectivity index is 1.58. The molecule has 200 valence electrons. The molecule has 0 spiro atoms. The highest BCUT2D eigenvalue weighted by atomic mass is 28.4. The van der Waals surface area contributed by atoms with E-state index in [0.717, 1.165) is 22.3 Å². The van der Waals surface area contributed by atoms with Gasteiger partial charge in [-0.3, -0.25) is 4.57 Å². The van der Waals surface area contributed by atoms with Crippen molar-refractivity contribution in [3.05, 3.63) is 72.7 Å². The van der Waals surface area contributed by atoms with Crippen LogP contribution in [0.5, 0.6) is 5.75 Å². The number of ether oxygens (including phenoxy) is 1. The lowest BCUT2D eigenvalue weighted by Gasteiger charge is -2.36. The number of hydrogen-bond acceptors (Lipinski definition) is 8. The summed E-state index contributed by atoms with van der Waals surface area (Å²) in [6, 6.07) is 15.8. The molecular weight excluding hydrogens is 506 g/mol. The fraction of sp³-hybridized carbons (Fsp3) is 0.276. The average molecular weight is 540 g/mol. The standard InChI is InChI=1S/C29H33N7O2Si/c1-29(2,3)39(5,6)38-18-19-9-11-20(12-10-19)36-27(22-8-7-15-31-25(22)30)35-24-14-13-23(34-28(24)36)26-32-16-21(37-4)17-33-26/h7-17H,18H2,1-6H3,(H2,30,31). The van der Waals surface area contributed by atoms with Gasteiger partial charge in [-0.15, -0.1) is 0 Å². The van der Waals surface area contributed by atoms with Crippen LogP contribution in [0.1, 0.15) is 26.3 Å². The van der Waals surface area contributed by atoms with E-state index in [1.807, 2.05) is 28.8 Å². The van der Waals surface area contributed by atoms with Crippen molar-refractivity contribution in [1.82, 2.24) is 29.5 Å². The lowest BCUT2D eigenvalue weighted by Crippen LogP contribution is -2.40. The lowest BCUT2D eigenvalue weighted by atomic mass is 10.2. The highest BCUT2D eigenvalue weighted by Gasteiger charge is 2.37. The Bertz CT molecular complexity index is 1610. The number of pyridine rings is 2. The molecule has 0 saturated carbocycles. The van der Waals surface area contributed by atoms with Crippen molar-refractivity contribution in [2.75, 3.05) is 12.8 Å². The molecular formula is C29H33N7O2Si. The van der Waals surface area contributed by atoms with Gasteiger partial charge in [0, 0.05) is 11.9 Å². The first-order valence-electron chi connectivity index (χ1n) is 12.8. The summed E-state index contributed by atoms with van der Waals surface area (Å²) in [5, 5.41) is 0.151. The third-order valence-corrected chi connectivity index (χ3v) is 11.8. The van der Waals surface area contributed by atoms with Crippen molar-refractivity contribution >= 4 is 25.3 Å². The molecule has 4 aromatic heterocycles. The molecule has 5 aromatic rings. The number of imidazole rings is 1. The van der Waals surface area contributed by atoms with E-state index in [4.69, 9.17) is 24.9 Å². The van der Waals surface area contributed by atoms with Crippen molar-refractivity contribution in [2.45, 2.75) is 45.5 Å². The Morgan fingerprint density at radius 3 is 2.28 bits per heavy atom. The predicted molar refractivity (Wildman–Crippen MR) is 156 cm³/mol. The fourth-order valence-electron chi connectivity index (χ4n) is 3.89. The first-order chi connectivity index (χ1) is 18.6. The third kappa shape index (κ3) is 5.25. The monoisotopic (exact) mass is 539 g/mol. The number of hydrogen-bond donors (Lipinski definition) is 1. The minimum absolute atomic E-state index is 0.151. The summed E-state index contributed by atoms with van der Waals surface area (Å²) >= 11 is 0. The third-order valence-electron chi connectivity index (χ3n) is 7.28. The van der Waals surface area contributed by atoms with Gasteiger partial charge in [0.05, 0.1) is 31.7 Å². The van der Waals surface area contributed by atoms with E-state index in [-0.39, 0.29) is 5.04 Å². The number of benzene rings is 1. The second kappa shape index (κ2) is 10.2. The largest absolute Gasteiger partial charge is 0.494 e. The number of fused-ring (bicyclic) bond motifs is 1. The summed E-state index contributed by atoms with van der Waals surface area (Å²) in [5.41, 5.74) is 11.0. The SMILES string of the molecule is COc1cnc(-c2ccc3nc(-c4cccnc4N)n(-c4ccc(CO[Si](C)(C)C(C)(C)C)cc4)c3n2)nc1. The molecule has 0 fully saturated rings. The number of nitrogen functional groups attached to an aromatic ring is 1. The Hall–Kier alpha value is -4.15. The topological polar surface area (TPSA) is 114 Å². The minimum Gasteiger partial charge on any atom is -0.494 e. The molecule has 4 heterocycles. The smallest absolute Gasteiger partial charge is 0.192 e. The van der Waals surface area contributed by atoms with Crippen LogP contribution in [0, 0.1) is 0 Å². The zero-order valence-electron chi connectivity index (χ0n) is 23.1. The van der Waals surface area contributed by atoms with E-state index >= 15 is 0 Å². The fourth-order valence-corrected chi connectivity index (χ4v) is 4.85. The van der Waals surface area contributed by atoms with Crippen LogP contribution in [0.2, 0.25) is 18.1 Å². The highest BCUT2D eigenvalue weighted by molar-refractivity contribution is 6.74. The molecule has 0 atom stereocenters. The number of nitrogens with two attached hydrogens (primary N) is 1. The van der Waals surface area contributed by atoms with Gasteiger partial charge in [0.25, 0.3) is 0 Å². The van der Waals surface area contributed by atoms with Crippen LogP contribution in [0.15, 0.2) is 67.1 Å². The Kier molecular flexibility index (Phi) is 6.92. The highest BCUT2D eigenvalue weighted by Crippen LogP contribution is 2.37. The van der Waals surface area contributed by atoms with Crippen LogP contribution in [0.4, 0.5) is 5.82 Å². The van der Waals surface area contributed by atoms with Gasteiger partial charge < -0.3 is 14.9 Å². The van der Waals surface area contributed by atoms with E-state index in [2.05, 4.69) is 73.1 Å². The molecule has 0 aliphatic carbocycles. The Labute approximate surface area is 229 Å². The van der Waals surface area contributed by atoms with Gasteiger partial charge in [-0.25, -0.2) is 24.9 Å². The van der Waals surface area contributed by atoms with E-state index in [1.165, 1.54) is 0 Å². The molecule has 0 aliphatic rings. The Morgan fingerprint density at radius 2 is 1.64 bits per heavy atom. The molecule has 9 nitrogen and oxygen atoms in total. The van der Waals surface area contributed by atoms with Gasteiger partial charge >= 0.3 is 0 Å². The van der Waals surface area contributed by atoms with Crippen molar-refractivity contribution < 1.29 is 9.16 Å². The van der Waals surface area contributed by atoms with Crippen molar-refractivity contribution in [1.29, 1.82) is 0 Å². The average Bonchev–Trinajstić information content (AvgIpc) is 3.30. The summed E-state index contributed by atoms with van der Waals surface area (Å²) in [6.07, 6.45) is 4.91. The first-order valence-corrected chi connectivity index (χ1v) is 15.7. The molecule has 0 unspecified atom stereocenters. The maximum Gasteiger partial charge on any atom is 0.192 e. The molecule has 2 N–H and O–H groups in total. The van der Waals surface area contributed by atoms with Crippen molar-refractivity contribution in [3.8, 4) is 34.3 Å². The van der Waals surface area contributed by atoms with Gasteiger partial charge in [0.1, 0.15) is 17.0 Å². The van der Waals surface area contributed by atoms with Gasteiger partial charge in [-0.05, 0) is 60.1 Å². The van der Waals surface area contributed by atoms with Gasteiger partial charge in [-0.2, -0.15) is 0 Å². The lowest BCUT2D eigenvalue weighted by molar-refractivity contribution is 0.276. The summed E-state index contributed by atoms with van der Waals surface area (Å²) in [4.78, 5) is 22.9. The molecule has 0 amide bonds. The summed E-state index contributed by atoms with van der Waals surface area (Å²) in [6.45, 7) is 11.8. The van der Waals surface area contributed by atoms with Gasteiger partial charge in [0.15, 0.2) is 31.4 Å². The number of methoxy groups -OCH3 is 1. The molecule has 10 heteroatoms. The van der Waals surface area contributed by atoms with E-state index in [1.54, 1.807) is 25.7 Å². The van der Waals surface area contributed by atoms with Gasteiger partial charge in [-0.1, -0.05) is 32.9 Å². The van der Waals surface area contributed by atoms with E-state index in [0.29, 0.717) is 41.2 Å². The van der Waals surface area contributed by atoms with Crippen LogP contribution in [0.25, 0.3) is 39.8 Å². The van der Waals surface area contributed by atoms with Gasteiger partial charge in [0.2, 0.25) is 0 Å². The van der Waals surface area contributed by atoms with Crippen molar-refractivity contribution in [2.24, 2.45) is 0 Å². The van der Waals surface area contributed by atoms with Crippen LogP contribution in [0.3, 0.4) is 0 Å². The van der Waals surface area contributed by atoms with Crippen LogP contribution in [-0.2, 0) is 11.0 Å². The molecule has 0 saturated heterocycles. The summed E-state index contributed by atoms with van der Waals surface area (Å²) < 4.78 is 13.6. The molecule has 5 rings (SSSR count). The maximum atomic E-state index is 6.43. The molecule has 0 aliphatic heterocycles. The second-order valence-corrected chi connectivity index (χ2v) is 15.7. The predicted octanol–water partition coefficient (Wildman–Crippen LogP) is 6.05. The molecule has 1 aromatic carbocycles. The zero-order chi connectivity index (χ0) is 27.8. The number of anilines is 1. The van der Waals surface area contributed by atoms with Crippen molar-refractivity contribution in [3.63, 3.8) is 0 Å². The zero-order valence-corrected chi connectivity index (χ0v) is 24.1. The van der Waals surface area contributed by atoms with Crippen LogP contribution < -0.4 is 10.5 Å². The van der Waals surface area contributed by atoms with Crippen LogP contribution >= 0.6 is 0 Å². The Morgan fingerprint density at radius 1 is 0.923 bits per heavy atom. The minimum atomic E-state index is -1.86. The number of rotatable bonds is 7. The quantitative estimate of drug-likeness (QED) is 0.249. The normalized spacial score (nSPS) is 12.2. The van der Waals surface area contributed by atoms with Crippen LogP contribution in [-0.4, -0.2) is 44.9 Å². The first kappa shape index (κ1) is 26.5. The maximum absolute atomic E-state index is 6.43. The molecule has 0 radical (unpaired) electrons. The molecule has 0 bridgehead atoms. The summed E-state index contributed by atoms with van der Waals surface area (Å²) in [5.74, 6) is 2.12.